The zero-order valence-corrected chi connectivity index (χ0v) is 12.3. The maximum atomic E-state index is 11.3. The van der Waals surface area contributed by atoms with Gasteiger partial charge in [0.25, 0.3) is 0 Å². The molecule has 0 aromatic heterocycles. The van der Waals surface area contributed by atoms with E-state index in [1.54, 1.807) is 0 Å². The summed E-state index contributed by atoms with van der Waals surface area (Å²) in [5.41, 5.74) is 2.10. The summed E-state index contributed by atoms with van der Waals surface area (Å²) < 4.78 is 0. The second-order valence-electron chi connectivity index (χ2n) is 5.07. The van der Waals surface area contributed by atoms with Gasteiger partial charge < -0.3 is 10.0 Å². The van der Waals surface area contributed by atoms with Crippen molar-refractivity contribution in [2.45, 2.75) is 25.8 Å². The predicted octanol–water partition coefficient (Wildman–Crippen LogP) is 4.12. The molecular weight excluding hydrogens is 262 g/mol. The van der Waals surface area contributed by atoms with Crippen molar-refractivity contribution in [3.8, 4) is 0 Å². The lowest BCUT2D eigenvalue weighted by molar-refractivity contribution is -0.135. The normalized spacial score (nSPS) is 11.9. The molecule has 3 heteroatoms. The molecule has 0 aliphatic carbocycles. The van der Waals surface area contributed by atoms with Gasteiger partial charge in [0, 0.05) is 5.69 Å². The second-order valence-corrected chi connectivity index (χ2v) is 5.07. The molecule has 0 spiro atoms. The first kappa shape index (κ1) is 15.1. The van der Waals surface area contributed by atoms with E-state index in [-0.39, 0.29) is 12.6 Å². The number of carboxylic acid groups (broad SMARTS) is 1. The number of carbonyl (C=O) groups is 1. The van der Waals surface area contributed by atoms with E-state index in [2.05, 4.69) is 19.1 Å². The number of nitrogens with zero attached hydrogens (tertiary/aromatic N) is 1. The lowest BCUT2D eigenvalue weighted by Gasteiger charge is -2.33. The fourth-order valence-corrected chi connectivity index (χ4v) is 2.60. The van der Waals surface area contributed by atoms with Crippen molar-refractivity contribution < 1.29 is 9.90 Å². The van der Waals surface area contributed by atoms with E-state index in [9.17, 15) is 9.90 Å². The Labute approximate surface area is 125 Å². The van der Waals surface area contributed by atoms with Gasteiger partial charge in [-0.25, -0.2) is 0 Å². The molecule has 2 rings (SSSR count). The van der Waals surface area contributed by atoms with Crippen molar-refractivity contribution in [2.24, 2.45) is 0 Å². The van der Waals surface area contributed by atoms with Crippen LogP contribution in [0.3, 0.4) is 0 Å². The Kier molecular flexibility index (Phi) is 5.38. The van der Waals surface area contributed by atoms with Crippen LogP contribution < -0.4 is 4.90 Å². The summed E-state index contributed by atoms with van der Waals surface area (Å²) in [4.78, 5) is 13.3. The molecule has 0 fully saturated rings. The van der Waals surface area contributed by atoms with Crippen LogP contribution in [0.5, 0.6) is 0 Å². The summed E-state index contributed by atoms with van der Waals surface area (Å²) in [7, 11) is 0. The van der Waals surface area contributed by atoms with Gasteiger partial charge in [-0.05, 0) is 24.1 Å². The number of hydrogen-bond acceptors (Lipinski definition) is 2. The van der Waals surface area contributed by atoms with Crippen LogP contribution in [0.1, 0.15) is 31.4 Å². The molecule has 1 unspecified atom stereocenters. The van der Waals surface area contributed by atoms with E-state index in [4.69, 9.17) is 0 Å². The molecule has 1 atom stereocenters. The molecule has 0 bridgehead atoms. The maximum absolute atomic E-state index is 11.3. The molecule has 0 aliphatic heterocycles. The van der Waals surface area contributed by atoms with Crippen molar-refractivity contribution in [1.29, 1.82) is 0 Å². The minimum absolute atomic E-state index is 0.00355. The minimum Gasteiger partial charge on any atom is -0.480 e. The zero-order valence-electron chi connectivity index (χ0n) is 12.3. The van der Waals surface area contributed by atoms with Crippen molar-refractivity contribution in [1.82, 2.24) is 0 Å². The standard InChI is InChI=1S/C18H21NO2/c1-2-9-17(15-10-5-3-6-11-15)19(14-18(20)21)16-12-7-4-8-13-16/h3-8,10-13,17H,2,9,14H2,1H3,(H,20,21). The van der Waals surface area contributed by atoms with Crippen LogP contribution in [-0.4, -0.2) is 17.6 Å². The average molecular weight is 283 g/mol. The van der Waals surface area contributed by atoms with Crippen LogP contribution in [0, 0.1) is 0 Å². The quantitative estimate of drug-likeness (QED) is 0.831. The Bertz CT molecular complexity index is 554. The highest BCUT2D eigenvalue weighted by molar-refractivity contribution is 5.74. The summed E-state index contributed by atoms with van der Waals surface area (Å²) in [6.07, 6.45) is 1.93. The minimum atomic E-state index is -0.809. The third kappa shape index (κ3) is 4.09. The van der Waals surface area contributed by atoms with Gasteiger partial charge in [-0.15, -0.1) is 0 Å². The van der Waals surface area contributed by atoms with Gasteiger partial charge in [-0.1, -0.05) is 61.9 Å². The first-order valence-electron chi connectivity index (χ1n) is 7.30. The van der Waals surface area contributed by atoms with Crippen LogP contribution in [0.25, 0.3) is 0 Å². The Morgan fingerprint density at radius 2 is 1.62 bits per heavy atom. The topological polar surface area (TPSA) is 40.5 Å². The van der Waals surface area contributed by atoms with Gasteiger partial charge >= 0.3 is 5.97 Å². The van der Waals surface area contributed by atoms with E-state index in [1.165, 1.54) is 0 Å². The van der Waals surface area contributed by atoms with Crippen LogP contribution in [0.2, 0.25) is 0 Å². The predicted molar refractivity (Wildman–Crippen MR) is 85.5 cm³/mol. The number of benzene rings is 2. The largest absolute Gasteiger partial charge is 0.480 e. The molecule has 0 heterocycles. The second kappa shape index (κ2) is 7.48. The molecule has 3 nitrogen and oxygen atoms in total. The van der Waals surface area contributed by atoms with E-state index in [0.29, 0.717) is 0 Å². The Morgan fingerprint density at radius 3 is 2.14 bits per heavy atom. The van der Waals surface area contributed by atoms with Crippen LogP contribution in [0.4, 0.5) is 5.69 Å². The van der Waals surface area contributed by atoms with Crippen molar-refractivity contribution in [3.05, 3.63) is 66.2 Å². The maximum Gasteiger partial charge on any atom is 0.323 e. The molecule has 1 N–H and O–H groups in total. The van der Waals surface area contributed by atoms with Crippen LogP contribution >= 0.6 is 0 Å². The first-order valence-corrected chi connectivity index (χ1v) is 7.30. The fourth-order valence-electron chi connectivity index (χ4n) is 2.60. The summed E-state index contributed by atoms with van der Waals surface area (Å²) >= 11 is 0. The Balaban J connectivity index is 2.38. The number of para-hydroxylation sites is 1. The van der Waals surface area contributed by atoms with Crippen LogP contribution in [-0.2, 0) is 4.79 Å². The van der Waals surface area contributed by atoms with Crippen molar-refractivity contribution in [3.63, 3.8) is 0 Å². The SMILES string of the molecule is CCCC(c1ccccc1)N(CC(=O)O)c1ccccc1. The summed E-state index contributed by atoms with van der Waals surface area (Å²) in [5, 5.41) is 9.27. The third-order valence-electron chi connectivity index (χ3n) is 3.52. The van der Waals surface area contributed by atoms with E-state index in [0.717, 1.165) is 24.1 Å². The zero-order chi connectivity index (χ0) is 15.1. The summed E-state index contributed by atoms with van der Waals surface area (Å²) in [5.74, 6) is -0.809. The van der Waals surface area contributed by atoms with Gasteiger partial charge in [0.05, 0.1) is 6.04 Å². The number of rotatable bonds is 7. The third-order valence-corrected chi connectivity index (χ3v) is 3.52. The monoisotopic (exact) mass is 283 g/mol. The lowest BCUT2D eigenvalue weighted by Crippen LogP contribution is -2.33. The molecule has 21 heavy (non-hydrogen) atoms. The molecule has 2 aromatic rings. The Morgan fingerprint density at radius 1 is 1.05 bits per heavy atom. The molecule has 0 saturated carbocycles. The molecule has 110 valence electrons. The fraction of sp³-hybridized carbons (Fsp3) is 0.278. The highest BCUT2D eigenvalue weighted by Gasteiger charge is 2.22. The van der Waals surface area contributed by atoms with Crippen molar-refractivity contribution in [2.75, 3.05) is 11.4 Å². The number of aliphatic carboxylic acids is 1. The lowest BCUT2D eigenvalue weighted by atomic mass is 9.99. The molecule has 0 aliphatic rings. The van der Waals surface area contributed by atoms with E-state index >= 15 is 0 Å². The van der Waals surface area contributed by atoms with Gasteiger partial charge in [0.15, 0.2) is 0 Å². The Hall–Kier alpha value is -2.29. The van der Waals surface area contributed by atoms with Gasteiger partial charge in [0.1, 0.15) is 6.54 Å². The number of anilines is 1. The van der Waals surface area contributed by atoms with E-state index < -0.39 is 5.97 Å². The molecular formula is C18H21NO2. The molecule has 0 radical (unpaired) electrons. The molecule has 0 amide bonds. The van der Waals surface area contributed by atoms with E-state index in [1.807, 2.05) is 53.4 Å². The average Bonchev–Trinajstić information content (AvgIpc) is 2.52. The molecule has 2 aromatic carbocycles. The van der Waals surface area contributed by atoms with Crippen molar-refractivity contribution >= 4 is 11.7 Å². The van der Waals surface area contributed by atoms with Gasteiger partial charge in [-0.3, -0.25) is 4.79 Å². The van der Waals surface area contributed by atoms with Gasteiger partial charge in [-0.2, -0.15) is 0 Å². The molecule has 0 saturated heterocycles. The first-order chi connectivity index (χ1) is 10.2. The number of carboxylic acids is 1. The summed E-state index contributed by atoms with van der Waals surface area (Å²) in [6.45, 7) is 2.13. The summed E-state index contributed by atoms with van der Waals surface area (Å²) in [6, 6.07) is 20.0. The highest BCUT2D eigenvalue weighted by Crippen LogP contribution is 2.30. The van der Waals surface area contributed by atoms with Crippen LogP contribution in [0.15, 0.2) is 60.7 Å². The number of hydrogen-bond donors (Lipinski definition) is 1. The highest BCUT2D eigenvalue weighted by atomic mass is 16.4. The smallest absolute Gasteiger partial charge is 0.323 e. The van der Waals surface area contributed by atoms with Gasteiger partial charge in [0.2, 0.25) is 0 Å².